The van der Waals surface area contributed by atoms with Gasteiger partial charge in [0.15, 0.2) is 0 Å². The monoisotopic (exact) mass is 259 g/mol. The lowest BCUT2D eigenvalue weighted by Gasteiger charge is -2.33. The van der Waals surface area contributed by atoms with Crippen LogP contribution in [0.3, 0.4) is 0 Å². The highest BCUT2D eigenvalue weighted by molar-refractivity contribution is 5.45. The predicted octanol–water partition coefficient (Wildman–Crippen LogP) is 3.29. The Morgan fingerprint density at radius 1 is 1.42 bits per heavy atom. The van der Waals surface area contributed by atoms with Gasteiger partial charge in [0.25, 0.3) is 0 Å². The molecular weight excluding hydrogens is 238 g/mol. The molecule has 0 aliphatic carbocycles. The van der Waals surface area contributed by atoms with Crippen molar-refractivity contribution in [2.24, 2.45) is 5.92 Å². The molecule has 19 heavy (non-hydrogen) atoms. The highest BCUT2D eigenvalue weighted by Crippen LogP contribution is 2.40. The second kappa shape index (κ2) is 6.08. The summed E-state index contributed by atoms with van der Waals surface area (Å²) in [6, 6.07) is 10.4. The molecule has 2 rings (SSSR count). The maximum absolute atomic E-state index is 9.64. The third-order valence-corrected chi connectivity index (χ3v) is 3.53. The highest BCUT2D eigenvalue weighted by atomic mass is 16.5. The zero-order chi connectivity index (χ0) is 13.7. The molecule has 0 fully saturated rings. The summed E-state index contributed by atoms with van der Waals surface area (Å²) in [5.41, 5.74) is 0.558. The van der Waals surface area contributed by atoms with Crippen molar-refractivity contribution in [3.05, 3.63) is 29.8 Å². The first-order valence-electron chi connectivity index (χ1n) is 6.89. The van der Waals surface area contributed by atoms with Crippen molar-refractivity contribution < 1.29 is 9.47 Å². The second-order valence-corrected chi connectivity index (χ2v) is 5.51. The first-order chi connectivity index (χ1) is 9.18. The molecule has 1 unspecified atom stereocenters. The van der Waals surface area contributed by atoms with E-state index in [2.05, 4.69) is 19.9 Å². The molecule has 3 nitrogen and oxygen atoms in total. The van der Waals surface area contributed by atoms with Crippen LogP contribution in [0, 0.1) is 17.2 Å². The number of hydrogen-bond donors (Lipinski definition) is 0. The van der Waals surface area contributed by atoms with E-state index in [1.807, 2.05) is 24.3 Å². The first-order valence-corrected chi connectivity index (χ1v) is 6.89. The number of ether oxygens (including phenoxy) is 2. The van der Waals surface area contributed by atoms with Gasteiger partial charge in [-0.15, -0.1) is 0 Å². The molecule has 1 aliphatic rings. The van der Waals surface area contributed by atoms with Crippen molar-refractivity contribution in [3.8, 4) is 11.8 Å². The minimum Gasteiger partial charge on any atom is -0.493 e. The van der Waals surface area contributed by atoms with Crippen molar-refractivity contribution in [2.75, 3.05) is 19.8 Å². The summed E-state index contributed by atoms with van der Waals surface area (Å²) < 4.78 is 11.3. The normalized spacial score (nSPS) is 21.6. The van der Waals surface area contributed by atoms with Gasteiger partial charge in [0.05, 0.1) is 18.1 Å². The maximum atomic E-state index is 9.64. The third-order valence-electron chi connectivity index (χ3n) is 3.53. The van der Waals surface area contributed by atoms with E-state index in [9.17, 15) is 5.26 Å². The van der Waals surface area contributed by atoms with Crippen LogP contribution in [-0.2, 0) is 10.2 Å². The van der Waals surface area contributed by atoms with E-state index in [0.717, 1.165) is 30.8 Å². The van der Waals surface area contributed by atoms with Gasteiger partial charge in [-0.25, -0.2) is 0 Å². The Kier molecular flexibility index (Phi) is 4.44. The standard InChI is InChI=1S/C16H21NO2/c1-13(2)11-18-9-7-16(12-17)8-10-19-15-6-4-3-5-14(15)16/h3-6,13H,7-11H2,1-2H3. The molecule has 102 valence electrons. The van der Waals surface area contributed by atoms with Crippen molar-refractivity contribution >= 4 is 0 Å². The molecule has 0 spiro atoms. The number of hydrogen-bond acceptors (Lipinski definition) is 3. The average Bonchev–Trinajstić information content (AvgIpc) is 2.43. The Hall–Kier alpha value is -1.53. The molecule has 0 bridgehead atoms. The minimum atomic E-state index is -0.453. The number of fused-ring (bicyclic) bond motifs is 1. The molecule has 1 atom stereocenters. The van der Waals surface area contributed by atoms with E-state index in [0.29, 0.717) is 19.1 Å². The van der Waals surface area contributed by atoms with E-state index in [1.54, 1.807) is 0 Å². The molecule has 1 aliphatic heterocycles. The van der Waals surface area contributed by atoms with Crippen molar-refractivity contribution in [1.82, 2.24) is 0 Å². The maximum Gasteiger partial charge on any atom is 0.124 e. The van der Waals surface area contributed by atoms with Gasteiger partial charge in [-0.05, 0) is 18.4 Å². The van der Waals surface area contributed by atoms with Crippen LogP contribution in [0.4, 0.5) is 0 Å². The van der Waals surface area contributed by atoms with Crippen LogP contribution in [0.1, 0.15) is 32.3 Å². The minimum absolute atomic E-state index is 0.453. The second-order valence-electron chi connectivity index (χ2n) is 5.51. The molecule has 0 N–H and O–H groups in total. The molecule has 1 aromatic rings. The Morgan fingerprint density at radius 2 is 2.21 bits per heavy atom. The van der Waals surface area contributed by atoms with E-state index < -0.39 is 5.41 Å². The van der Waals surface area contributed by atoms with E-state index >= 15 is 0 Å². The van der Waals surface area contributed by atoms with E-state index in [1.165, 1.54) is 0 Å². The van der Waals surface area contributed by atoms with Gasteiger partial charge in [0, 0.05) is 25.2 Å². The summed E-state index contributed by atoms with van der Waals surface area (Å²) >= 11 is 0. The van der Waals surface area contributed by atoms with Crippen molar-refractivity contribution in [3.63, 3.8) is 0 Å². The quantitative estimate of drug-likeness (QED) is 0.762. The molecule has 1 aromatic carbocycles. The van der Waals surface area contributed by atoms with Crippen LogP contribution < -0.4 is 4.74 Å². The van der Waals surface area contributed by atoms with E-state index in [-0.39, 0.29) is 0 Å². The molecular formula is C16H21NO2. The summed E-state index contributed by atoms with van der Waals surface area (Å²) in [5.74, 6) is 1.37. The SMILES string of the molecule is CC(C)COCCC1(C#N)CCOc2ccccc21. The Bertz CT molecular complexity index is 464. The molecule has 3 heteroatoms. The number of benzene rings is 1. The summed E-state index contributed by atoms with van der Waals surface area (Å²) in [4.78, 5) is 0. The molecule has 0 saturated heterocycles. The van der Waals surface area contributed by atoms with Crippen LogP contribution >= 0.6 is 0 Å². The number of nitriles is 1. The van der Waals surface area contributed by atoms with Gasteiger partial charge >= 0.3 is 0 Å². The van der Waals surface area contributed by atoms with Crippen molar-refractivity contribution in [1.29, 1.82) is 5.26 Å². The molecule has 1 heterocycles. The van der Waals surface area contributed by atoms with Gasteiger partial charge in [-0.1, -0.05) is 32.0 Å². The third kappa shape index (κ3) is 3.08. The van der Waals surface area contributed by atoms with Crippen LogP contribution in [0.15, 0.2) is 24.3 Å². The highest BCUT2D eigenvalue weighted by Gasteiger charge is 2.37. The lowest BCUT2D eigenvalue weighted by Crippen LogP contribution is -2.33. The summed E-state index contributed by atoms with van der Waals surface area (Å²) in [6.07, 6.45) is 1.47. The van der Waals surface area contributed by atoms with Crippen molar-refractivity contribution in [2.45, 2.75) is 32.1 Å². The fourth-order valence-corrected chi connectivity index (χ4v) is 2.45. The summed E-state index contributed by atoms with van der Waals surface area (Å²) in [5, 5.41) is 9.64. The van der Waals surface area contributed by atoms with Crippen LogP contribution in [-0.4, -0.2) is 19.8 Å². The van der Waals surface area contributed by atoms with Gasteiger partial charge < -0.3 is 9.47 Å². The molecule has 0 amide bonds. The average molecular weight is 259 g/mol. The van der Waals surface area contributed by atoms with Crippen LogP contribution in [0.25, 0.3) is 0 Å². The van der Waals surface area contributed by atoms with E-state index in [4.69, 9.17) is 9.47 Å². The van der Waals surface area contributed by atoms with Crippen LogP contribution in [0.5, 0.6) is 5.75 Å². The zero-order valence-electron chi connectivity index (χ0n) is 11.7. The Balaban J connectivity index is 2.09. The lowest BCUT2D eigenvalue weighted by atomic mass is 9.75. The predicted molar refractivity (Wildman–Crippen MR) is 74.1 cm³/mol. The molecule has 0 aromatic heterocycles. The smallest absolute Gasteiger partial charge is 0.124 e. The fourth-order valence-electron chi connectivity index (χ4n) is 2.45. The van der Waals surface area contributed by atoms with Gasteiger partial charge in [-0.2, -0.15) is 5.26 Å². The summed E-state index contributed by atoms with van der Waals surface area (Å²) in [6.45, 7) is 6.24. The summed E-state index contributed by atoms with van der Waals surface area (Å²) in [7, 11) is 0. The first kappa shape index (κ1) is 13.9. The van der Waals surface area contributed by atoms with Crippen LogP contribution in [0.2, 0.25) is 0 Å². The lowest BCUT2D eigenvalue weighted by molar-refractivity contribution is 0.0920. The van der Waals surface area contributed by atoms with Gasteiger partial charge in [0.2, 0.25) is 0 Å². The largest absolute Gasteiger partial charge is 0.493 e. The Morgan fingerprint density at radius 3 is 2.95 bits per heavy atom. The fraction of sp³-hybridized carbons (Fsp3) is 0.562. The number of para-hydroxylation sites is 1. The topological polar surface area (TPSA) is 42.2 Å². The van der Waals surface area contributed by atoms with Gasteiger partial charge in [-0.3, -0.25) is 0 Å². The number of rotatable bonds is 5. The van der Waals surface area contributed by atoms with Gasteiger partial charge in [0.1, 0.15) is 5.75 Å². The zero-order valence-corrected chi connectivity index (χ0v) is 11.7. The molecule has 0 radical (unpaired) electrons. The Labute approximate surface area is 115 Å². The molecule has 0 saturated carbocycles. The number of nitrogens with zero attached hydrogens (tertiary/aromatic N) is 1.